The van der Waals surface area contributed by atoms with Gasteiger partial charge < -0.3 is 20.3 Å². The van der Waals surface area contributed by atoms with E-state index in [2.05, 4.69) is 10.6 Å². The predicted molar refractivity (Wildman–Crippen MR) is 86.4 cm³/mol. The van der Waals surface area contributed by atoms with Crippen molar-refractivity contribution >= 4 is 12.0 Å². The molecule has 1 aliphatic rings. The van der Waals surface area contributed by atoms with Crippen LogP contribution in [-0.4, -0.2) is 49.2 Å². The third kappa shape index (κ3) is 6.59. The number of nitriles is 1. The Morgan fingerprint density at radius 1 is 1.35 bits per heavy atom. The average Bonchev–Trinajstić information content (AvgIpc) is 2.56. The summed E-state index contributed by atoms with van der Waals surface area (Å²) in [5.41, 5.74) is 0.0777. The lowest BCUT2D eigenvalue weighted by Crippen LogP contribution is -2.44. The molecular formula is C16H26N4O3. The molecule has 0 saturated carbocycles. The van der Waals surface area contributed by atoms with Crippen molar-refractivity contribution in [3.63, 3.8) is 0 Å². The van der Waals surface area contributed by atoms with Gasteiger partial charge in [0, 0.05) is 31.9 Å². The average molecular weight is 322 g/mol. The fourth-order valence-electron chi connectivity index (χ4n) is 2.27. The van der Waals surface area contributed by atoms with Gasteiger partial charge in [0.05, 0.1) is 6.61 Å². The van der Waals surface area contributed by atoms with E-state index < -0.39 is 0 Å². The lowest BCUT2D eigenvalue weighted by Gasteiger charge is -2.31. The third-order valence-electron chi connectivity index (χ3n) is 3.67. The van der Waals surface area contributed by atoms with E-state index >= 15 is 0 Å². The van der Waals surface area contributed by atoms with E-state index in [9.17, 15) is 9.59 Å². The maximum absolute atomic E-state index is 11.8. The minimum atomic E-state index is -0.350. The van der Waals surface area contributed by atoms with Gasteiger partial charge >= 0.3 is 6.09 Å². The zero-order valence-corrected chi connectivity index (χ0v) is 13.9. The number of carbonyl (C=O) groups excluding carboxylic acids is 2. The van der Waals surface area contributed by atoms with E-state index in [1.165, 1.54) is 6.20 Å². The summed E-state index contributed by atoms with van der Waals surface area (Å²) in [5, 5.41) is 14.9. The van der Waals surface area contributed by atoms with Crippen molar-refractivity contribution < 1.29 is 14.3 Å². The molecule has 7 heteroatoms. The maximum Gasteiger partial charge on any atom is 0.409 e. The molecule has 0 aliphatic carbocycles. The molecule has 0 spiro atoms. The summed E-state index contributed by atoms with van der Waals surface area (Å²) >= 11 is 0. The number of rotatable bonds is 7. The second-order valence-corrected chi connectivity index (χ2v) is 5.41. The van der Waals surface area contributed by atoms with Gasteiger partial charge in [-0.2, -0.15) is 5.26 Å². The highest BCUT2D eigenvalue weighted by molar-refractivity contribution is 5.97. The number of hydrogen-bond donors (Lipinski definition) is 2. The smallest absolute Gasteiger partial charge is 0.409 e. The number of piperidine rings is 1. The molecule has 0 aromatic rings. The van der Waals surface area contributed by atoms with E-state index in [1.807, 2.05) is 13.0 Å². The fourth-order valence-corrected chi connectivity index (χ4v) is 2.27. The second-order valence-electron chi connectivity index (χ2n) is 5.41. The molecule has 23 heavy (non-hydrogen) atoms. The molecule has 7 nitrogen and oxygen atoms in total. The summed E-state index contributed by atoms with van der Waals surface area (Å²) in [7, 11) is 0. The number of likely N-dealkylation sites (tertiary alicyclic amines) is 1. The van der Waals surface area contributed by atoms with Gasteiger partial charge in [0.15, 0.2) is 0 Å². The second kappa shape index (κ2) is 10.5. The Bertz CT molecular complexity index is 462. The highest BCUT2D eigenvalue weighted by atomic mass is 16.6. The number of carbonyl (C=O) groups is 2. The van der Waals surface area contributed by atoms with Crippen molar-refractivity contribution in [2.24, 2.45) is 0 Å². The molecule has 0 atom stereocenters. The molecule has 0 aromatic heterocycles. The third-order valence-corrected chi connectivity index (χ3v) is 3.67. The molecule has 1 aliphatic heterocycles. The molecule has 1 rings (SSSR count). The van der Waals surface area contributed by atoms with Crippen molar-refractivity contribution in [1.29, 1.82) is 5.26 Å². The Morgan fingerprint density at radius 2 is 2.04 bits per heavy atom. The van der Waals surface area contributed by atoms with Crippen LogP contribution in [-0.2, 0) is 9.53 Å². The van der Waals surface area contributed by atoms with Crippen molar-refractivity contribution in [2.75, 3.05) is 26.2 Å². The fraction of sp³-hybridized carbons (Fsp3) is 0.688. The van der Waals surface area contributed by atoms with Crippen LogP contribution in [0.3, 0.4) is 0 Å². The van der Waals surface area contributed by atoms with Crippen molar-refractivity contribution in [3.05, 3.63) is 11.8 Å². The van der Waals surface area contributed by atoms with Gasteiger partial charge in [0.2, 0.25) is 0 Å². The molecule has 0 aromatic carbocycles. The van der Waals surface area contributed by atoms with Crippen molar-refractivity contribution in [2.45, 2.75) is 45.6 Å². The molecule has 1 fully saturated rings. The number of unbranched alkanes of at least 4 members (excludes halogenated alkanes) is 1. The molecule has 0 unspecified atom stereocenters. The molecular weight excluding hydrogens is 296 g/mol. The maximum atomic E-state index is 11.8. The topological polar surface area (TPSA) is 94.5 Å². The first-order chi connectivity index (χ1) is 11.1. The Hall–Kier alpha value is -2.23. The monoisotopic (exact) mass is 322 g/mol. The van der Waals surface area contributed by atoms with Gasteiger partial charge in [0.25, 0.3) is 5.91 Å². The summed E-state index contributed by atoms with van der Waals surface area (Å²) < 4.78 is 4.97. The Kier molecular flexibility index (Phi) is 8.58. The van der Waals surface area contributed by atoms with Crippen LogP contribution >= 0.6 is 0 Å². The van der Waals surface area contributed by atoms with Crippen LogP contribution in [0.15, 0.2) is 11.8 Å². The minimum absolute atomic E-state index is 0.0777. The van der Waals surface area contributed by atoms with Crippen LogP contribution in [0.1, 0.15) is 39.5 Å². The quantitative estimate of drug-likeness (QED) is 0.421. The minimum Gasteiger partial charge on any atom is -0.450 e. The van der Waals surface area contributed by atoms with E-state index in [0.29, 0.717) is 26.2 Å². The molecule has 1 saturated heterocycles. The van der Waals surface area contributed by atoms with E-state index in [4.69, 9.17) is 10.00 Å². The molecule has 0 radical (unpaired) electrons. The van der Waals surface area contributed by atoms with Gasteiger partial charge in [-0.1, -0.05) is 13.3 Å². The van der Waals surface area contributed by atoms with Gasteiger partial charge in [0.1, 0.15) is 11.6 Å². The molecule has 2 N–H and O–H groups in total. The van der Waals surface area contributed by atoms with Crippen LogP contribution in [0.5, 0.6) is 0 Å². The first-order valence-corrected chi connectivity index (χ1v) is 8.18. The number of ether oxygens (including phenoxy) is 1. The molecule has 1 heterocycles. The van der Waals surface area contributed by atoms with E-state index in [1.54, 1.807) is 11.8 Å². The van der Waals surface area contributed by atoms with Crippen molar-refractivity contribution in [1.82, 2.24) is 15.5 Å². The van der Waals surface area contributed by atoms with Crippen molar-refractivity contribution in [3.8, 4) is 6.07 Å². The highest BCUT2D eigenvalue weighted by Gasteiger charge is 2.23. The van der Waals surface area contributed by atoms with Crippen LogP contribution < -0.4 is 10.6 Å². The highest BCUT2D eigenvalue weighted by Crippen LogP contribution is 2.11. The first-order valence-electron chi connectivity index (χ1n) is 8.18. The van der Waals surface area contributed by atoms with Crippen LogP contribution in [0.4, 0.5) is 4.79 Å². The summed E-state index contributed by atoms with van der Waals surface area (Å²) in [4.78, 5) is 25.1. The summed E-state index contributed by atoms with van der Waals surface area (Å²) in [5.74, 6) is -0.350. The zero-order valence-electron chi connectivity index (χ0n) is 13.9. The SMILES string of the molecule is CCCCNC(=O)/C(C#N)=C\NC1CCN(C(=O)OCC)CC1. The zero-order chi connectivity index (χ0) is 17.1. The summed E-state index contributed by atoms with van der Waals surface area (Å²) in [6.07, 6.45) is 4.59. The van der Waals surface area contributed by atoms with E-state index in [0.717, 1.165) is 25.7 Å². The lowest BCUT2D eigenvalue weighted by atomic mass is 10.1. The van der Waals surface area contributed by atoms with Gasteiger partial charge in [-0.25, -0.2) is 4.79 Å². The Balaban J connectivity index is 2.40. The number of hydrogen-bond acceptors (Lipinski definition) is 5. The summed E-state index contributed by atoms with van der Waals surface area (Å²) in [6.45, 7) is 5.98. The van der Waals surface area contributed by atoms with Gasteiger partial charge in [-0.15, -0.1) is 0 Å². The molecule has 2 amide bonds. The predicted octanol–water partition coefficient (Wildman–Crippen LogP) is 1.52. The largest absolute Gasteiger partial charge is 0.450 e. The summed E-state index contributed by atoms with van der Waals surface area (Å²) in [6, 6.07) is 2.06. The van der Waals surface area contributed by atoms with E-state index in [-0.39, 0.29) is 23.6 Å². The van der Waals surface area contributed by atoms with Gasteiger partial charge in [-0.05, 0) is 26.2 Å². The molecule has 128 valence electrons. The Labute approximate surface area is 137 Å². The van der Waals surface area contributed by atoms with Crippen LogP contribution in [0.25, 0.3) is 0 Å². The Morgan fingerprint density at radius 3 is 2.61 bits per heavy atom. The standard InChI is InChI=1S/C16H26N4O3/c1-3-5-8-18-15(21)13(11-17)12-19-14-6-9-20(10-7-14)16(22)23-4-2/h12,14,19H,3-10H2,1-2H3,(H,18,21)/b13-12-. The molecule has 0 bridgehead atoms. The first kappa shape index (κ1) is 18.8. The number of nitrogens with zero attached hydrogens (tertiary/aromatic N) is 2. The number of nitrogens with one attached hydrogen (secondary N) is 2. The van der Waals surface area contributed by atoms with Crippen LogP contribution in [0, 0.1) is 11.3 Å². The van der Waals surface area contributed by atoms with Gasteiger partial charge in [-0.3, -0.25) is 4.79 Å². The lowest BCUT2D eigenvalue weighted by molar-refractivity contribution is -0.117. The number of amides is 2. The normalized spacial score (nSPS) is 15.7. The van der Waals surface area contributed by atoms with Crippen LogP contribution in [0.2, 0.25) is 0 Å².